The Morgan fingerprint density at radius 3 is 2.59 bits per heavy atom. The van der Waals surface area contributed by atoms with Crippen molar-refractivity contribution >= 4 is 11.9 Å². The summed E-state index contributed by atoms with van der Waals surface area (Å²) < 4.78 is 0. The first-order valence-electron chi connectivity index (χ1n) is 6.14. The van der Waals surface area contributed by atoms with Crippen LogP contribution >= 0.6 is 0 Å². The van der Waals surface area contributed by atoms with Gasteiger partial charge in [-0.3, -0.25) is 4.79 Å². The van der Waals surface area contributed by atoms with Gasteiger partial charge in [-0.15, -0.1) is 6.58 Å². The summed E-state index contributed by atoms with van der Waals surface area (Å²) in [5.74, 6) is 0.0147. The lowest BCUT2D eigenvalue weighted by molar-refractivity contribution is -0.121. The first-order chi connectivity index (χ1) is 8.22. The van der Waals surface area contributed by atoms with Gasteiger partial charge >= 0.3 is 6.03 Å². The molecule has 1 saturated carbocycles. The van der Waals surface area contributed by atoms with Crippen LogP contribution in [0.15, 0.2) is 12.7 Å². The van der Waals surface area contributed by atoms with Crippen molar-refractivity contribution in [3.8, 4) is 0 Å². The van der Waals surface area contributed by atoms with Crippen molar-refractivity contribution in [3.05, 3.63) is 12.7 Å². The maximum atomic E-state index is 11.5. The summed E-state index contributed by atoms with van der Waals surface area (Å²) in [5.41, 5.74) is 0. The maximum Gasteiger partial charge on any atom is 0.315 e. The second-order valence-electron chi connectivity index (χ2n) is 4.22. The normalized spacial score (nSPS) is 15.3. The van der Waals surface area contributed by atoms with Crippen LogP contribution in [0.1, 0.15) is 32.1 Å². The van der Waals surface area contributed by atoms with Crippen LogP contribution in [-0.4, -0.2) is 31.1 Å². The van der Waals surface area contributed by atoms with Crippen molar-refractivity contribution < 1.29 is 9.59 Å². The monoisotopic (exact) mass is 239 g/mol. The van der Waals surface area contributed by atoms with Crippen LogP contribution in [0.3, 0.4) is 0 Å². The molecule has 5 heteroatoms. The molecule has 0 radical (unpaired) electrons. The van der Waals surface area contributed by atoms with Crippen molar-refractivity contribution in [1.82, 2.24) is 16.0 Å². The highest BCUT2D eigenvalue weighted by atomic mass is 16.2. The van der Waals surface area contributed by atoms with Gasteiger partial charge in [0.1, 0.15) is 0 Å². The van der Waals surface area contributed by atoms with E-state index in [1.165, 1.54) is 12.8 Å². The third-order valence-electron chi connectivity index (χ3n) is 2.76. The van der Waals surface area contributed by atoms with Gasteiger partial charge in [-0.05, 0) is 12.8 Å². The van der Waals surface area contributed by atoms with E-state index in [1.807, 2.05) is 0 Å². The highest BCUT2D eigenvalue weighted by Gasteiger charge is 2.16. The number of amides is 3. The van der Waals surface area contributed by atoms with E-state index < -0.39 is 0 Å². The Balaban J connectivity index is 2.03. The topological polar surface area (TPSA) is 70.2 Å². The van der Waals surface area contributed by atoms with Crippen LogP contribution in [0.2, 0.25) is 0 Å². The predicted octanol–water partition coefficient (Wildman–Crippen LogP) is 0.920. The van der Waals surface area contributed by atoms with Crippen LogP contribution in [-0.2, 0) is 4.79 Å². The number of nitrogens with one attached hydrogen (secondary N) is 3. The van der Waals surface area contributed by atoms with Gasteiger partial charge in [0, 0.05) is 25.6 Å². The SMILES string of the molecule is C=CCNC(=O)NCCC(=O)NC1CCCC1. The van der Waals surface area contributed by atoms with Gasteiger partial charge in [0.25, 0.3) is 0 Å². The molecule has 0 saturated heterocycles. The lowest BCUT2D eigenvalue weighted by Gasteiger charge is -2.12. The number of carbonyl (C=O) groups is 2. The predicted molar refractivity (Wildman–Crippen MR) is 66.6 cm³/mol. The van der Waals surface area contributed by atoms with E-state index in [0.717, 1.165) is 12.8 Å². The number of carbonyl (C=O) groups excluding carboxylic acids is 2. The molecule has 0 spiro atoms. The molecular weight excluding hydrogens is 218 g/mol. The zero-order valence-corrected chi connectivity index (χ0v) is 10.1. The van der Waals surface area contributed by atoms with E-state index >= 15 is 0 Å². The Morgan fingerprint density at radius 2 is 1.94 bits per heavy atom. The molecule has 0 heterocycles. The van der Waals surface area contributed by atoms with Crippen LogP contribution < -0.4 is 16.0 Å². The first-order valence-corrected chi connectivity index (χ1v) is 6.14. The molecule has 96 valence electrons. The molecule has 17 heavy (non-hydrogen) atoms. The summed E-state index contributed by atoms with van der Waals surface area (Å²) in [5, 5.41) is 8.16. The fourth-order valence-corrected chi connectivity index (χ4v) is 1.89. The zero-order valence-electron chi connectivity index (χ0n) is 10.1. The summed E-state index contributed by atoms with van der Waals surface area (Å²) in [6, 6.07) is 0.0793. The minimum atomic E-state index is -0.265. The number of rotatable bonds is 6. The molecule has 3 N–H and O–H groups in total. The molecule has 0 aromatic carbocycles. The average molecular weight is 239 g/mol. The molecule has 1 rings (SSSR count). The minimum Gasteiger partial charge on any atom is -0.353 e. The lowest BCUT2D eigenvalue weighted by atomic mass is 10.2. The van der Waals surface area contributed by atoms with Crippen LogP contribution in [0.5, 0.6) is 0 Å². The summed E-state index contributed by atoms with van der Waals surface area (Å²) in [6.45, 7) is 4.29. The number of urea groups is 1. The molecule has 0 atom stereocenters. The van der Waals surface area contributed by atoms with Gasteiger partial charge in [-0.2, -0.15) is 0 Å². The van der Waals surface area contributed by atoms with Crippen LogP contribution in [0, 0.1) is 0 Å². The first kappa shape index (κ1) is 13.5. The third-order valence-corrected chi connectivity index (χ3v) is 2.76. The molecular formula is C12H21N3O2. The van der Waals surface area contributed by atoms with E-state index in [9.17, 15) is 9.59 Å². The smallest absolute Gasteiger partial charge is 0.315 e. The number of hydrogen-bond donors (Lipinski definition) is 3. The molecule has 0 aliphatic heterocycles. The Kier molecular flexibility index (Phi) is 6.14. The standard InChI is InChI=1S/C12H21N3O2/c1-2-8-13-12(17)14-9-7-11(16)15-10-5-3-4-6-10/h2,10H,1,3-9H2,(H,15,16)(H2,13,14,17). The Labute approximate surface area is 102 Å². The van der Waals surface area contributed by atoms with E-state index in [-0.39, 0.29) is 11.9 Å². The zero-order chi connectivity index (χ0) is 12.5. The van der Waals surface area contributed by atoms with Gasteiger partial charge in [0.15, 0.2) is 0 Å². The van der Waals surface area contributed by atoms with Gasteiger partial charge < -0.3 is 16.0 Å². The van der Waals surface area contributed by atoms with Crippen LogP contribution in [0.4, 0.5) is 4.79 Å². The van der Waals surface area contributed by atoms with Crippen molar-refractivity contribution in [1.29, 1.82) is 0 Å². The highest BCUT2D eigenvalue weighted by molar-refractivity contribution is 5.78. The quantitative estimate of drug-likeness (QED) is 0.603. The molecule has 0 aromatic heterocycles. The lowest BCUT2D eigenvalue weighted by Crippen LogP contribution is -2.39. The molecule has 1 aliphatic carbocycles. The van der Waals surface area contributed by atoms with Gasteiger partial charge in [0.05, 0.1) is 0 Å². The van der Waals surface area contributed by atoms with E-state index in [0.29, 0.717) is 25.6 Å². The molecule has 5 nitrogen and oxygen atoms in total. The minimum absolute atomic E-state index is 0.0147. The van der Waals surface area contributed by atoms with E-state index in [4.69, 9.17) is 0 Å². The Bertz CT molecular complexity index is 273. The molecule has 1 aliphatic rings. The Morgan fingerprint density at radius 1 is 1.24 bits per heavy atom. The average Bonchev–Trinajstić information content (AvgIpc) is 2.79. The molecule has 3 amide bonds. The van der Waals surface area contributed by atoms with E-state index in [1.54, 1.807) is 6.08 Å². The van der Waals surface area contributed by atoms with Gasteiger partial charge in [-0.1, -0.05) is 18.9 Å². The second-order valence-corrected chi connectivity index (χ2v) is 4.22. The molecule has 0 aromatic rings. The van der Waals surface area contributed by atoms with Crippen molar-refractivity contribution in [2.75, 3.05) is 13.1 Å². The number of hydrogen-bond acceptors (Lipinski definition) is 2. The summed E-state index contributed by atoms with van der Waals surface area (Å²) in [6.07, 6.45) is 6.50. The largest absolute Gasteiger partial charge is 0.353 e. The van der Waals surface area contributed by atoms with Crippen LogP contribution in [0.25, 0.3) is 0 Å². The van der Waals surface area contributed by atoms with Crippen molar-refractivity contribution in [3.63, 3.8) is 0 Å². The van der Waals surface area contributed by atoms with Crippen molar-refractivity contribution in [2.45, 2.75) is 38.1 Å². The van der Waals surface area contributed by atoms with Gasteiger partial charge in [0.2, 0.25) is 5.91 Å². The molecule has 0 bridgehead atoms. The van der Waals surface area contributed by atoms with Gasteiger partial charge in [-0.25, -0.2) is 4.79 Å². The third kappa shape index (κ3) is 5.94. The molecule has 1 fully saturated rings. The fourth-order valence-electron chi connectivity index (χ4n) is 1.89. The Hall–Kier alpha value is -1.52. The second kappa shape index (κ2) is 7.70. The molecule has 0 unspecified atom stereocenters. The summed E-state index contributed by atoms with van der Waals surface area (Å²) in [4.78, 5) is 22.6. The summed E-state index contributed by atoms with van der Waals surface area (Å²) >= 11 is 0. The summed E-state index contributed by atoms with van der Waals surface area (Å²) in [7, 11) is 0. The maximum absolute atomic E-state index is 11.5. The van der Waals surface area contributed by atoms with Crippen molar-refractivity contribution in [2.24, 2.45) is 0 Å². The van der Waals surface area contributed by atoms with E-state index in [2.05, 4.69) is 22.5 Å². The highest BCUT2D eigenvalue weighted by Crippen LogP contribution is 2.17. The fraction of sp³-hybridized carbons (Fsp3) is 0.667.